The van der Waals surface area contributed by atoms with Crippen LogP contribution in [-0.2, 0) is 16.1 Å². The van der Waals surface area contributed by atoms with Gasteiger partial charge in [0.25, 0.3) is 5.91 Å². The van der Waals surface area contributed by atoms with Gasteiger partial charge in [0.15, 0.2) is 0 Å². The third-order valence-electron chi connectivity index (χ3n) is 7.76. The fourth-order valence-corrected chi connectivity index (χ4v) is 5.60. The molecule has 37 heavy (non-hydrogen) atoms. The molecule has 0 saturated heterocycles. The molecule has 0 bridgehead atoms. The first-order valence-electron chi connectivity index (χ1n) is 13.4. The predicted molar refractivity (Wildman–Crippen MR) is 146 cm³/mol. The molecule has 0 radical (unpaired) electrons. The SMILES string of the molecule is Cc1ccc(CN(C(=O)CCCN2C(=O)c3cccc4cccc2c34)[C@@H](C)C(=O)NC2CCCC2)cc1. The van der Waals surface area contributed by atoms with E-state index in [-0.39, 0.29) is 30.2 Å². The summed E-state index contributed by atoms with van der Waals surface area (Å²) < 4.78 is 0. The van der Waals surface area contributed by atoms with E-state index < -0.39 is 6.04 Å². The van der Waals surface area contributed by atoms with Crippen molar-refractivity contribution < 1.29 is 14.4 Å². The van der Waals surface area contributed by atoms with E-state index in [0.29, 0.717) is 19.5 Å². The van der Waals surface area contributed by atoms with Crippen molar-refractivity contribution in [2.24, 2.45) is 0 Å². The summed E-state index contributed by atoms with van der Waals surface area (Å²) in [5, 5.41) is 5.19. The summed E-state index contributed by atoms with van der Waals surface area (Å²) in [6.45, 7) is 4.69. The van der Waals surface area contributed by atoms with Crippen LogP contribution >= 0.6 is 0 Å². The Morgan fingerprint density at radius 2 is 1.73 bits per heavy atom. The molecule has 192 valence electrons. The van der Waals surface area contributed by atoms with E-state index in [4.69, 9.17) is 0 Å². The zero-order valence-electron chi connectivity index (χ0n) is 21.7. The molecule has 6 heteroatoms. The molecule has 3 aromatic rings. The van der Waals surface area contributed by atoms with Crippen molar-refractivity contribution in [3.05, 3.63) is 77.4 Å². The number of carbonyl (C=O) groups excluding carboxylic acids is 3. The molecule has 5 rings (SSSR count). The van der Waals surface area contributed by atoms with Crippen LogP contribution in [0.3, 0.4) is 0 Å². The van der Waals surface area contributed by atoms with E-state index >= 15 is 0 Å². The molecule has 0 spiro atoms. The van der Waals surface area contributed by atoms with Crippen LogP contribution in [-0.4, -0.2) is 41.2 Å². The van der Waals surface area contributed by atoms with Gasteiger partial charge in [-0.05, 0) is 56.2 Å². The van der Waals surface area contributed by atoms with Crippen LogP contribution in [0.1, 0.15) is 66.9 Å². The number of carbonyl (C=O) groups is 3. The predicted octanol–water partition coefficient (Wildman–Crippen LogP) is 5.36. The standard InChI is InChI=1S/C31H35N3O3/c1-21-15-17-23(18-16-21)20-34(22(2)30(36)32-25-10-3-4-11-25)28(35)14-7-19-33-27-13-6-9-24-8-5-12-26(29(24)27)31(33)37/h5-6,8-9,12-13,15-18,22,25H,3-4,7,10-11,14,19-20H2,1-2H3,(H,32,36)/t22-/m0/s1. The number of aryl methyl sites for hydroxylation is 1. The molecule has 1 aliphatic heterocycles. The summed E-state index contributed by atoms with van der Waals surface area (Å²) in [6.07, 6.45) is 5.07. The second-order valence-corrected chi connectivity index (χ2v) is 10.4. The lowest BCUT2D eigenvalue weighted by Gasteiger charge is -2.30. The van der Waals surface area contributed by atoms with Gasteiger partial charge in [-0.2, -0.15) is 0 Å². The van der Waals surface area contributed by atoms with Crippen molar-refractivity contribution in [3.8, 4) is 0 Å². The van der Waals surface area contributed by atoms with E-state index in [0.717, 1.165) is 58.8 Å². The maximum atomic E-state index is 13.5. The number of nitrogens with zero attached hydrogens (tertiary/aromatic N) is 2. The van der Waals surface area contributed by atoms with Crippen molar-refractivity contribution in [3.63, 3.8) is 0 Å². The highest BCUT2D eigenvalue weighted by molar-refractivity contribution is 6.25. The molecular weight excluding hydrogens is 462 g/mol. The number of amides is 3. The normalized spacial score (nSPS) is 15.8. The third kappa shape index (κ3) is 5.24. The lowest BCUT2D eigenvalue weighted by Crippen LogP contribution is -2.49. The van der Waals surface area contributed by atoms with Crippen LogP contribution in [0.25, 0.3) is 10.8 Å². The van der Waals surface area contributed by atoms with Crippen LogP contribution in [0.15, 0.2) is 60.7 Å². The van der Waals surface area contributed by atoms with E-state index in [1.54, 1.807) is 9.80 Å². The molecule has 3 aromatic carbocycles. The first kappa shape index (κ1) is 25.0. The highest BCUT2D eigenvalue weighted by atomic mass is 16.2. The Bertz CT molecular complexity index is 1310. The first-order chi connectivity index (χ1) is 17.9. The average molecular weight is 498 g/mol. The summed E-state index contributed by atoms with van der Waals surface area (Å²) in [5.74, 6) is -0.179. The number of anilines is 1. The van der Waals surface area contributed by atoms with Crippen molar-refractivity contribution in [1.82, 2.24) is 10.2 Å². The van der Waals surface area contributed by atoms with E-state index in [9.17, 15) is 14.4 Å². The number of hydrogen-bond donors (Lipinski definition) is 1. The maximum absolute atomic E-state index is 13.5. The van der Waals surface area contributed by atoms with Gasteiger partial charge >= 0.3 is 0 Å². The van der Waals surface area contributed by atoms with Crippen molar-refractivity contribution in [2.45, 2.75) is 71.0 Å². The third-order valence-corrected chi connectivity index (χ3v) is 7.76. The van der Waals surface area contributed by atoms with Crippen LogP contribution in [0.5, 0.6) is 0 Å². The molecule has 2 aliphatic rings. The summed E-state index contributed by atoms with van der Waals surface area (Å²) >= 11 is 0. The summed E-state index contributed by atoms with van der Waals surface area (Å²) in [5.41, 5.74) is 3.78. The van der Waals surface area contributed by atoms with Gasteiger partial charge < -0.3 is 15.1 Å². The van der Waals surface area contributed by atoms with E-state index in [1.807, 2.05) is 74.5 Å². The highest BCUT2D eigenvalue weighted by Crippen LogP contribution is 2.37. The summed E-state index contributed by atoms with van der Waals surface area (Å²) in [6, 6.07) is 19.5. The molecule has 0 aromatic heterocycles. The molecule has 1 saturated carbocycles. The minimum atomic E-state index is -0.569. The molecular formula is C31H35N3O3. The van der Waals surface area contributed by atoms with Gasteiger partial charge in [0.1, 0.15) is 6.04 Å². The maximum Gasteiger partial charge on any atom is 0.258 e. The van der Waals surface area contributed by atoms with Crippen molar-refractivity contribution in [2.75, 3.05) is 11.4 Å². The minimum absolute atomic E-state index is 0.0138. The van der Waals surface area contributed by atoms with Gasteiger partial charge in [-0.15, -0.1) is 0 Å². The molecule has 1 atom stereocenters. The van der Waals surface area contributed by atoms with Crippen LogP contribution in [0, 0.1) is 6.92 Å². The lowest BCUT2D eigenvalue weighted by molar-refractivity contribution is -0.141. The van der Waals surface area contributed by atoms with E-state index in [2.05, 4.69) is 5.32 Å². The fourth-order valence-electron chi connectivity index (χ4n) is 5.60. The molecule has 1 fully saturated rings. The topological polar surface area (TPSA) is 69.7 Å². The molecule has 1 heterocycles. The second kappa shape index (κ2) is 10.8. The van der Waals surface area contributed by atoms with Gasteiger partial charge in [-0.3, -0.25) is 14.4 Å². The minimum Gasteiger partial charge on any atom is -0.352 e. The summed E-state index contributed by atoms with van der Waals surface area (Å²) in [7, 11) is 0. The van der Waals surface area contributed by atoms with Gasteiger partial charge in [0.2, 0.25) is 11.8 Å². The Kier molecular flexibility index (Phi) is 7.26. The first-order valence-corrected chi connectivity index (χ1v) is 13.4. The van der Waals surface area contributed by atoms with Crippen LogP contribution < -0.4 is 10.2 Å². The Hall–Kier alpha value is -3.67. The monoisotopic (exact) mass is 497 g/mol. The van der Waals surface area contributed by atoms with Crippen molar-refractivity contribution >= 4 is 34.2 Å². The fraction of sp³-hybridized carbons (Fsp3) is 0.387. The zero-order valence-corrected chi connectivity index (χ0v) is 21.7. The van der Waals surface area contributed by atoms with Crippen molar-refractivity contribution in [1.29, 1.82) is 0 Å². The average Bonchev–Trinajstić information content (AvgIpc) is 3.51. The Morgan fingerprint density at radius 1 is 1.03 bits per heavy atom. The zero-order chi connectivity index (χ0) is 25.9. The molecule has 1 N–H and O–H groups in total. The lowest BCUT2D eigenvalue weighted by atomic mass is 10.1. The molecule has 0 unspecified atom stereocenters. The van der Waals surface area contributed by atoms with Crippen LogP contribution in [0.2, 0.25) is 0 Å². The molecule has 6 nitrogen and oxygen atoms in total. The number of hydrogen-bond acceptors (Lipinski definition) is 3. The van der Waals surface area contributed by atoms with Gasteiger partial charge in [0.05, 0.1) is 5.69 Å². The Labute approximate surface area is 218 Å². The van der Waals surface area contributed by atoms with Gasteiger partial charge in [-0.25, -0.2) is 0 Å². The van der Waals surface area contributed by atoms with Gasteiger partial charge in [0, 0.05) is 36.5 Å². The molecule has 1 aliphatic carbocycles. The highest BCUT2D eigenvalue weighted by Gasteiger charge is 2.31. The van der Waals surface area contributed by atoms with Gasteiger partial charge in [-0.1, -0.05) is 66.9 Å². The number of benzene rings is 3. The Balaban J connectivity index is 1.27. The van der Waals surface area contributed by atoms with E-state index in [1.165, 1.54) is 0 Å². The molecule has 3 amide bonds. The number of nitrogens with one attached hydrogen (secondary N) is 1. The number of rotatable bonds is 9. The second-order valence-electron chi connectivity index (χ2n) is 10.4. The van der Waals surface area contributed by atoms with Crippen LogP contribution in [0.4, 0.5) is 5.69 Å². The Morgan fingerprint density at radius 3 is 2.46 bits per heavy atom. The summed E-state index contributed by atoms with van der Waals surface area (Å²) in [4.78, 5) is 43.2. The smallest absolute Gasteiger partial charge is 0.258 e. The quantitative estimate of drug-likeness (QED) is 0.432. The largest absolute Gasteiger partial charge is 0.352 e.